The van der Waals surface area contributed by atoms with Gasteiger partial charge >= 0.3 is 0 Å². The quantitative estimate of drug-likeness (QED) is 0.887. The van der Waals surface area contributed by atoms with Crippen LogP contribution in [0.1, 0.15) is 48.9 Å². The molecule has 3 nitrogen and oxygen atoms in total. The van der Waals surface area contributed by atoms with Crippen molar-refractivity contribution in [1.29, 1.82) is 0 Å². The van der Waals surface area contributed by atoms with Crippen molar-refractivity contribution in [2.75, 3.05) is 6.54 Å². The molecule has 0 radical (unpaired) electrons. The Labute approximate surface area is 121 Å². The first-order chi connectivity index (χ1) is 9.52. The second-order valence-electron chi connectivity index (χ2n) is 6.12. The summed E-state index contributed by atoms with van der Waals surface area (Å²) >= 11 is 0. The van der Waals surface area contributed by atoms with E-state index in [1.54, 1.807) is 0 Å². The molecule has 1 aliphatic rings. The first-order valence-electron chi connectivity index (χ1n) is 7.60. The maximum Gasteiger partial charge on any atom is 0.223 e. The zero-order chi connectivity index (χ0) is 14.7. The SMILES string of the molecule is Cc1ccc(C)c(C(C)NC(=O)C2CCCC2CN)c1. The van der Waals surface area contributed by atoms with E-state index in [9.17, 15) is 4.79 Å². The second kappa shape index (κ2) is 6.40. The number of carbonyl (C=O) groups excluding carboxylic acids is 1. The van der Waals surface area contributed by atoms with Crippen LogP contribution in [0.4, 0.5) is 0 Å². The molecule has 0 spiro atoms. The summed E-state index contributed by atoms with van der Waals surface area (Å²) in [6, 6.07) is 6.44. The van der Waals surface area contributed by atoms with Gasteiger partial charge in [0.1, 0.15) is 0 Å². The van der Waals surface area contributed by atoms with E-state index in [1.165, 1.54) is 16.7 Å². The monoisotopic (exact) mass is 274 g/mol. The second-order valence-corrected chi connectivity index (χ2v) is 6.12. The highest BCUT2D eigenvalue weighted by molar-refractivity contribution is 5.79. The number of rotatable bonds is 4. The number of aryl methyl sites for hydroxylation is 2. The average molecular weight is 274 g/mol. The van der Waals surface area contributed by atoms with Crippen molar-refractivity contribution in [1.82, 2.24) is 5.32 Å². The molecule has 1 aromatic carbocycles. The first-order valence-corrected chi connectivity index (χ1v) is 7.60. The van der Waals surface area contributed by atoms with E-state index in [2.05, 4.69) is 44.3 Å². The van der Waals surface area contributed by atoms with Crippen LogP contribution in [0.3, 0.4) is 0 Å². The molecule has 110 valence electrons. The van der Waals surface area contributed by atoms with Gasteiger partial charge in [0.15, 0.2) is 0 Å². The summed E-state index contributed by atoms with van der Waals surface area (Å²) in [4.78, 5) is 12.4. The molecule has 1 amide bonds. The van der Waals surface area contributed by atoms with Crippen LogP contribution in [0, 0.1) is 25.7 Å². The fourth-order valence-corrected chi connectivity index (χ4v) is 3.29. The highest BCUT2D eigenvalue weighted by Crippen LogP contribution is 2.31. The molecule has 3 N–H and O–H groups in total. The highest BCUT2D eigenvalue weighted by atomic mass is 16.2. The molecule has 1 aliphatic carbocycles. The van der Waals surface area contributed by atoms with Crippen molar-refractivity contribution < 1.29 is 4.79 Å². The van der Waals surface area contributed by atoms with E-state index < -0.39 is 0 Å². The third-order valence-corrected chi connectivity index (χ3v) is 4.56. The summed E-state index contributed by atoms with van der Waals surface area (Å²) in [6.45, 7) is 6.86. The van der Waals surface area contributed by atoms with E-state index in [1.807, 2.05) is 0 Å². The van der Waals surface area contributed by atoms with E-state index in [4.69, 9.17) is 5.73 Å². The zero-order valence-corrected chi connectivity index (χ0v) is 12.8. The fraction of sp³-hybridized carbons (Fsp3) is 0.588. The Bertz CT molecular complexity index is 484. The Morgan fingerprint density at radius 2 is 2.15 bits per heavy atom. The van der Waals surface area contributed by atoms with Crippen LogP contribution in [-0.4, -0.2) is 12.5 Å². The first kappa shape index (κ1) is 15.0. The Morgan fingerprint density at radius 1 is 1.40 bits per heavy atom. The lowest BCUT2D eigenvalue weighted by molar-refractivity contribution is -0.126. The van der Waals surface area contributed by atoms with Gasteiger partial charge in [-0.2, -0.15) is 0 Å². The van der Waals surface area contributed by atoms with E-state index >= 15 is 0 Å². The Kier molecular flexibility index (Phi) is 4.81. The van der Waals surface area contributed by atoms with Crippen molar-refractivity contribution in [2.45, 2.75) is 46.1 Å². The molecule has 1 saturated carbocycles. The third-order valence-electron chi connectivity index (χ3n) is 4.56. The van der Waals surface area contributed by atoms with Gasteiger partial charge in [0.2, 0.25) is 5.91 Å². The van der Waals surface area contributed by atoms with Gasteiger partial charge < -0.3 is 11.1 Å². The summed E-state index contributed by atoms with van der Waals surface area (Å²) in [6.07, 6.45) is 3.19. The largest absolute Gasteiger partial charge is 0.349 e. The molecule has 3 unspecified atom stereocenters. The topological polar surface area (TPSA) is 55.1 Å². The maximum atomic E-state index is 12.4. The fourth-order valence-electron chi connectivity index (χ4n) is 3.29. The molecule has 0 aromatic heterocycles. The number of hydrogen-bond acceptors (Lipinski definition) is 2. The van der Waals surface area contributed by atoms with Crippen LogP contribution < -0.4 is 11.1 Å². The summed E-state index contributed by atoms with van der Waals surface area (Å²) < 4.78 is 0. The Hall–Kier alpha value is -1.35. The van der Waals surface area contributed by atoms with Gasteiger partial charge in [0.05, 0.1) is 6.04 Å². The standard InChI is InChI=1S/C17H26N2O/c1-11-7-8-12(2)16(9-11)13(3)19-17(20)15-6-4-5-14(15)10-18/h7-9,13-15H,4-6,10,18H2,1-3H3,(H,19,20). The van der Waals surface area contributed by atoms with Gasteiger partial charge in [-0.15, -0.1) is 0 Å². The predicted octanol–water partition coefficient (Wildman–Crippen LogP) is 2.86. The van der Waals surface area contributed by atoms with E-state index in [0.717, 1.165) is 19.3 Å². The number of amides is 1. The molecular formula is C17H26N2O. The molecule has 0 heterocycles. The van der Waals surface area contributed by atoms with E-state index in [-0.39, 0.29) is 17.9 Å². The van der Waals surface area contributed by atoms with Crippen LogP contribution in [0.25, 0.3) is 0 Å². The van der Waals surface area contributed by atoms with Gasteiger partial charge in [-0.05, 0) is 57.2 Å². The Balaban J connectivity index is 2.05. The minimum atomic E-state index is 0.0569. The summed E-state index contributed by atoms with van der Waals surface area (Å²) in [5.74, 6) is 0.639. The van der Waals surface area contributed by atoms with Crippen molar-refractivity contribution in [3.63, 3.8) is 0 Å². The molecule has 1 aromatic rings. The lowest BCUT2D eigenvalue weighted by Gasteiger charge is -2.22. The van der Waals surface area contributed by atoms with Crippen LogP contribution in [0.15, 0.2) is 18.2 Å². The van der Waals surface area contributed by atoms with Gasteiger partial charge in [-0.25, -0.2) is 0 Å². The van der Waals surface area contributed by atoms with Crippen molar-refractivity contribution >= 4 is 5.91 Å². The number of carbonyl (C=O) groups is 1. The minimum Gasteiger partial charge on any atom is -0.349 e. The molecule has 3 atom stereocenters. The molecular weight excluding hydrogens is 248 g/mol. The minimum absolute atomic E-state index is 0.0569. The lowest BCUT2D eigenvalue weighted by Crippen LogP contribution is -2.36. The summed E-state index contributed by atoms with van der Waals surface area (Å²) in [7, 11) is 0. The van der Waals surface area contributed by atoms with Crippen molar-refractivity contribution in [3.8, 4) is 0 Å². The molecule has 0 aliphatic heterocycles. The number of hydrogen-bond donors (Lipinski definition) is 2. The summed E-state index contributed by atoms with van der Waals surface area (Å²) in [5.41, 5.74) is 9.43. The Morgan fingerprint density at radius 3 is 2.85 bits per heavy atom. The molecule has 3 heteroatoms. The van der Waals surface area contributed by atoms with E-state index in [0.29, 0.717) is 12.5 Å². The molecule has 1 fully saturated rings. The third kappa shape index (κ3) is 3.21. The maximum absolute atomic E-state index is 12.4. The molecule has 2 rings (SSSR count). The zero-order valence-electron chi connectivity index (χ0n) is 12.8. The van der Waals surface area contributed by atoms with Gasteiger partial charge in [-0.1, -0.05) is 30.2 Å². The number of nitrogens with one attached hydrogen (secondary N) is 1. The highest BCUT2D eigenvalue weighted by Gasteiger charge is 2.32. The number of nitrogens with two attached hydrogens (primary N) is 1. The normalized spacial score (nSPS) is 23.6. The van der Waals surface area contributed by atoms with Crippen LogP contribution in [-0.2, 0) is 4.79 Å². The molecule has 0 saturated heterocycles. The molecule has 20 heavy (non-hydrogen) atoms. The van der Waals surface area contributed by atoms with Crippen molar-refractivity contribution in [2.24, 2.45) is 17.6 Å². The van der Waals surface area contributed by atoms with Crippen LogP contribution >= 0.6 is 0 Å². The van der Waals surface area contributed by atoms with Crippen LogP contribution in [0.5, 0.6) is 0 Å². The predicted molar refractivity (Wildman–Crippen MR) is 82.4 cm³/mol. The smallest absolute Gasteiger partial charge is 0.223 e. The van der Waals surface area contributed by atoms with Gasteiger partial charge in [-0.3, -0.25) is 4.79 Å². The van der Waals surface area contributed by atoms with Gasteiger partial charge in [0, 0.05) is 5.92 Å². The van der Waals surface area contributed by atoms with Crippen molar-refractivity contribution in [3.05, 3.63) is 34.9 Å². The summed E-state index contributed by atoms with van der Waals surface area (Å²) in [5, 5.41) is 3.18. The number of benzene rings is 1. The van der Waals surface area contributed by atoms with Crippen LogP contribution in [0.2, 0.25) is 0 Å². The lowest BCUT2D eigenvalue weighted by atomic mass is 9.94. The van der Waals surface area contributed by atoms with Gasteiger partial charge in [0.25, 0.3) is 0 Å². The average Bonchev–Trinajstić information content (AvgIpc) is 2.89. The molecule has 0 bridgehead atoms.